The number of hydrogen-bond acceptors (Lipinski definition) is 2. The number of benzene rings is 1. The second-order valence-electron chi connectivity index (χ2n) is 4.57. The van der Waals surface area contributed by atoms with Crippen molar-refractivity contribution >= 4 is 29.9 Å². The number of ether oxygens (including phenoxy) is 1. The van der Waals surface area contributed by atoms with E-state index in [4.69, 9.17) is 4.74 Å². The Hall–Kier alpha value is -0.890. The number of nitrogens with zero attached hydrogens (tertiary/aromatic N) is 1. The minimum Gasteiger partial charge on any atom is -0.380 e. The van der Waals surface area contributed by atoms with E-state index < -0.39 is 0 Å². The van der Waals surface area contributed by atoms with Crippen LogP contribution < -0.4 is 10.6 Å². The van der Waals surface area contributed by atoms with E-state index in [0.29, 0.717) is 31.3 Å². The molecule has 0 saturated carbocycles. The molecule has 1 rings (SSSR count). The van der Waals surface area contributed by atoms with Crippen LogP contribution in [0.5, 0.6) is 0 Å². The molecule has 0 saturated heterocycles. The summed E-state index contributed by atoms with van der Waals surface area (Å²) in [5, 5.41) is 6.37. The van der Waals surface area contributed by atoms with Gasteiger partial charge in [-0.25, -0.2) is 4.39 Å². The van der Waals surface area contributed by atoms with E-state index in [1.165, 1.54) is 0 Å². The smallest absolute Gasteiger partial charge is 0.191 e. The number of guanidine groups is 1. The molecule has 0 aromatic heterocycles. The molecule has 0 amide bonds. The van der Waals surface area contributed by atoms with Crippen LogP contribution in [0.25, 0.3) is 0 Å². The lowest BCUT2D eigenvalue weighted by atomic mass is 10.1. The number of hydrogen-bond donors (Lipinski definition) is 2. The van der Waals surface area contributed by atoms with Gasteiger partial charge in [-0.1, -0.05) is 12.1 Å². The van der Waals surface area contributed by atoms with Gasteiger partial charge in [0.2, 0.25) is 0 Å². The zero-order valence-corrected chi connectivity index (χ0v) is 15.4. The lowest BCUT2D eigenvalue weighted by Crippen LogP contribution is -2.40. The quantitative estimate of drug-likeness (QED) is 0.329. The van der Waals surface area contributed by atoms with Gasteiger partial charge in [0, 0.05) is 20.2 Å². The average molecular weight is 409 g/mol. The fourth-order valence-electron chi connectivity index (χ4n) is 1.75. The summed E-state index contributed by atoms with van der Waals surface area (Å²) in [6, 6.07) is 5.24. The summed E-state index contributed by atoms with van der Waals surface area (Å²) in [5.41, 5.74) is 1.54. The summed E-state index contributed by atoms with van der Waals surface area (Å²) >= 11 is 0. The SMILES string of the molecule is CCOCCNC(=NC)NC(C)c1ccc(C)c(F)c1.I. The Morgan fingerprint density at radius 1 is 1.43 bits per heavy atom. The predicted molar refractivity (Wildman–Crippen MR) is 96.0 cm³/mol. The van der Waals surface area contributed by atoms with Gasteiger partial charge in [-0.15, -0.1) is 24.0 Å². The molecule has 6 heteroatoms. The summed E-state index contributed by atoms with van der Waals surface area (Å²) in [5.74, 6) is 0.494. The lowest BCUT2D eigenvalue weighted by Gasteiger charge is -2.18. The monoisotopic (exact) mass is 409 g/mol. The van der Waals surface area contributed by atoms with Crippen LogP contribution in [0, 0.1) is 12.7 Å². The standard InChI is InChI=1S/C15H24FN3O.HI/c1-5-20-9-8-18-15(17-4)19-12(3)13-7-6-11(2)14(16)10-13;/h6-7,10,12H,5,8-9H2,1-4H3,(H2,17,18,19);1H. The van der Waals surface area contributed by atoms with E-state index in [2.05, 4.69) is 15.6 Å². The number of aliphatic imine (C=N–C) groups is 1. The molecule has 0 radical (unpaired) electrons. The second-order valence-corrected chi connectivity index (χ2v) is 4.57. The summed E-state index contributed by atoms with van der Waals surface area (Å²) in [4.78, 5) is 4.14. The first-order chi connectivity index (χ1) is 9.58. The molecular formula is C15H25FIN3O. The first kappa shape index (κ1) is 20.1. The first-order valence-electron chi connectivity index (χ1n) is 6.89. The van der Waals surface area contributed by atoms with Crippen molar-refractivity contribution in [2.75, 3.05) is 26.8 Å². The topological polar surface area (TPSA) is 45.6 Å². The fraction of sp³-hybridized carbons (Fsp3) is 0.533. The summed E-state index contributed by atoms with van der Waals surface area (Å²) in [7, 11) is 1.71. The molecule has 0 bridgehead atoms. The van der Waals surface area contributed by atoms with Crippen molar-refractivity contribution in [3.05, 3.63) is 35.1 Å². The highest BCUT2D eigenvalue weighted by Crippen LogP contribution is 2.16. The Morgan fingerprint density at radius 3 is 2.71 bits per heavy atom. The molecule has 1 aromatic carbocycles. The van der Waals surface area contributed by atoms with Crippen molar-refractivity contribution in [2.45, 2.75) is 26.8 Å². The summed E-state index contributed by atoms with van der Waals surface area (Å²) in [6.45, 7) is 7.70. The van der Waals surface area contributed by atoms with Gasteiger partial charge in [0.05, 0.1) is 12.6 Å². The average Bonchev–Trinajstić information content (AvgIpc) is 2.44. The molecule has 21 heavy (non-hydrogen) atoms. The van der Waals surface area contributed by atoms with Crippen molar-refractivity contribution in [1.82, 2.24) is 10.6 Å². The molecule has 1 unspecified atom stereocenters. The van der Waals surface area contributed by atoms with Crippen LogP contribution in [-0.2, 0) is 4.74 Å². The van der Waals surface area contributed by atoms with Crippen molar-refractivity contribution in [2.24, 2.45) is 4.99 Å². The molecule has 0 spiro atoms. The van der Waals surface area contributed by atoms with Gasteiger partial charge in [0.15, 0.2) is 5.96 Å². The van der Waals surface area contributed by atoms with Gasteiger partial charge in [0.25, 0.3) is 0 Å². The lowest BCUT2D eigenvalue weighted by molar-refractivity contribution is 0.152. The molecule has 2 N–H and O–H groups in total. The van der Waals surface area contributed by atoms with E-state index in [-0.39, 0.29) is 35.8 Å². The Labute approximate surface area is 143 Å². The minimum atomic E-state index is -0.185. The predicted octanol–water partition coefficient (Wildman–Crippen LogP) is 3.01. The van der Waals surface area contributed by atoms with E-state index in [1.807, 2.05) is 19.9 Å². The van der Waals surface area contributed by atoms with Gasteiger partial charge in [-0.05, 0) is 38.0 Å². The third-order valence-corrected chi connectivity index (χ3v) is 3.02. The highest BCUT2D eigenvalue weighted by molar-refractivity contribution is 14.0. The molecule has 0 fully saturated rings. The van der Waals surface area contributed by atoms with Crippen LogP contribution in [0.4, 0.5) is 4.39 Å². The normalized spacial score (nSPS) is 12.5. The van der Waals surface area contributed by atoms with Gasteiger partial charge >= 0.3 is 0 Å². The molecule has 0 heterocycles. The summed E-state index contributed by atoms with van der Waals surface area (Å²) < 4.78 is 18.8. The van der Waals surface area contributed by atoms with Gasteiger partial charge in [-0.3, -0.25) is 4.99 Å². The Bertz CT molecular complexity index is 455. The number of nitrogens with one attached hydrogen (secondary N) is 2. The van der Waals surface area contributed by atoms with E-state index >= 15 is 0 Å². The molecule has 1 atom stereocenters. The van der Waals surface area contributed by atoms with E-state index in [1.54, 1.807) is 26.1 Å². The molecule has 0 aliphatic carbocycles. The zero-order chi connectivity index (χ0) is 15.0. The number of aryl methyl sites for hydroxylation is 1. The maximum absolute atomic E-state index is 13.6. The largest absolute Gasteiger partial charge is 0.380 e. The van der Waals surface area contributed by atoms with Gasteiger partial charge in [0.1, 0.15) is 5.82 Å². The van der Waals surface area contributed by atoms with Crippen molar-refractivity contribution < 1.29 is 9.13 Å². The molecule has 120 valence electrons. The van der Waals surface area contributed by atoms with Crippen LogP contribution in [-0.4, -0.2) is 32.8 Å². The van der Waals surface area contributed by atoms with Gasteiger partial charge in [-0.2, -0.15) is 0 Å². The Kier molecular flexibility index (Phi) is 10.3. The molecular weight excluding hydrogens is 384 g/mol. The first-order valence-corrected chi connectivity index (χ1v) is 6.89. The van der Waals surface area contributed by atoms with Crippen LogP contribution in [0.1, 0.15) is 31.0 Å². The second kappa shape index (κ2) is 10.8. The van der Waals surface area contributed by atoms with Crippen LogP contribution in [0.15, 0.2) is 23.2 Å². The van der Waals surface area contributed by atoms with Crippen molar-refractivity contribution in [3.8, 4) is 0 Å². The van der Waals surface area contributed by atoms with Crippen molar-refractivity contribution in [1.29, 1.82) is 0 Å². The molecule has 0 aliphatic heterocycles. The Morgan fingerprint density at radius 2 is 2.14 bits per heavy atom. The van der Waals surface area contributed by atoms with Crippen LogP contribution in [0.2, 0.25) is 0 Å². The molecule has 1 aromatic rings. The molecule has 0 aliphatic rings. The van der Waals surface area contributed by atoms with E-state index in [9.17, 15) is 4.39 Å². The highest BCUT2D eigenvalue weighted by atomic mass is 127. The Balaban J connectivity index is 0.00000400. The van der Waals surface area contributed by atoms with Crippen LogP contribution >= 0.6 is 24.0 Å². The zero-order valence-electron chi connectivity index (χ0n) is 13.1. The van der Waals surface area contributed by atoms with Crippen LogP contribution in [0.3, 0.4) is 0 Å². The number of halogens is 2. The maximum atomic E-state index is 13.6. The number of rotatable bonds is 6. The minimum absolute atomic E-state index is 0. The third kappa shape index (κ3) is 7.08. The van der Waals surface area contributed by atoms with Gasteiger partial charge < -0.3 is 15.4 Å². The third-order valence-electron chi connectivity index (χ3n) is 3.02. The van der Waals surface area contributed by atoms with Crippen molar-refractivity contribution in [3.63, 3.8) is 0 Å². The maximum Gasteiger partial charge on any atom is 0.191 e. The summed E-state index contributed by atoms with van der Waals surface area (Å²) in [6.07, 6.45) is 0. The molecule has 4 nitrogen and oxygen atoms in total. The highest BCUT2D eigenvalue weighted by Gasteiger charge is 2.09. The fourth-order valence-corrected chi connectivity index (χ4v) is 1.75. The van der Waals surface area contributed by atoms with E-state index in [0.717, 1.165) is 5.56 Å².